The summed E-state index contributed by atoms with van der Waals surface area (Å²) in [4.78, 5) is 24.6. The van der Waals surface area contributed by atoms with E-state index in [9.17, 15) is 27.2 Å². The molecule has 2 aromatic rings. The van der Waals surface area contributed by atoms with Crippen LogP contribution in [0.1, 0.15) is 39.8 Å². The van der Waals surface area contributed by atoms with E-state index < -0.39 is 42.2 Å². The van der Waals surface area contributed by atoms with Crippen molar-refractivity contribution in [2.75, 3.05) is 11.9 Å². The van der Waals surface area contributed by atoms with Crippen LogP contribution in [0.5, 0.6) is 5.75 Å². The van der Waals surface area contributed by atoms with Gasteiger partial charge >= 0.3 is 6.18 Å². The number of benzene rings is 1. The van der Waals surface area contributed by atoms with Crippen LogP contribution in [0.4, 0.5) is 23.2 Å². The lowest BCUT2D eigenvalue weighted by molar-refractivity contribution is -0.177. The fraction of sp³-hybridized carbons (Fsp3) is 0.421. The topological polar surface area (TPSA) is 99.2 Å². The number of aryl methyl sites for hydroxylation is 1. The molecule has 1 aliphatic carbocycles. The summed E-state index contributed by atoms with van der Waals surface area (Å²) in [5.74, 6) is -3.80. The summed E-state index contributed by atoms with van der Waals surface area (Å²) in [6, 6.07) is 1.69. The molecular weight excluding hydrogens is 408 g/mol. The van der Waals surface area contributed by atoms with Crippen molar-refractivity contribution in [3.8, 4) is 5.75 Å². The Labute approximate surface area is 168 Å². The van der Waals surface area contributed by atoms with E-state index in [1.165, 1.54) is 10.7 Å². The first kappa shape index (κ1) is 20.2. The number of carbonyl (C=O) groups is 2. The van der Waals surface area contributed by atoms with Gasteiger partial charge in [-0.25, -0.2) is 4.39 Å². The minimum Gasteiger partial charge on any atom is -0.488 e. The molecule has 0 spiro atoms. The largest absolute Gasteiger partial charge is 0.488 e. The molecule has 2 heterocycles. The second-order valence-corrected chi connectivity index (χ2v) is 7.50. The molecule has 2 aliphatic rings. The van der Waals surface area contributed by atoms with Crippen molar-refractivity contribution < 1.29 is 31.9 Å². The van der Waals surface area contributed by atoms with Gasteiger partial charge in [-0.05, 0) is 43.9 Å². The molecule has 1 aliphatic heterocycles. The lowest BCUT2D eigenvalue weighted by Gasteiger charge is -2.26. The maximum absolute atomic E-state index is 14.3. The van der Waals surface area contributed by atoms with Crippen molar-refractivity contribution in [1.82, 2.24) is 9.78 Å². The van der Waals surface area contributed by atoms with Crippen molar-refractivity contribution in [3.63, 3.8) is 0 Å². The average molecular weight is 426 g/mol. The van der Waals surface area contributed by atoms with Crippen LogP contribution in [-0.4, -0.2) is 34.4 Å². The molecule has 0 saturated carbocycles. The van der Waals surface area contributed by atoms with Gasteiger partial charge in [-0.3, -0.25) is 14.3 Å². The molecule has 0 saturated heterocycles. The van der Waals surface area contributed by atoms with Crippen LogP contribution in [-0.2, 0) is 17.6 Å². The zero-order chi connectivity index (χ0) is 21.8. The Balaban J connectivity index is 1.73. The lowest BCUT2D eigenvalue weighted by Crippen LogP contribution is -2.33. The van der Waals surface area contributed by atoms with E-state index in [1.54, 1.807) is 13.0 Å². The quantitative estimate of drug-likeness (QED) is 0.722. The number of rotatable bonds is 2. The van der Waals surface area contributed by atoms with Crippen molar-refractivity contribution in [2.45, 2.75) is 38.4 Å². The highest BCUT2D eigenvalue weighted by atomic mass is 19.4. The summed E-state index contributed by atoms with van der Waals surface area (Å²) in [5, 5.41) is 6.52. The van der Waals surface area contributed by atoms with Crippen molar-refractivity contribution in [3.05, 3.63) is 40.5 Å². The molecule has 0 bridgehead atoms. The lowest BCUT2D eigenvalue weighted by atomic mass is 9.85. The Bertz CT molecular complexity index is 1050. The smallest absolute Gasteiger partial charge is 0.392 e. The number of ether oxygens (including phenoxy) is 1. The van der Waals surface area contributed by atoms with Gasteiger partial charge in [0.1, 0.15) is 18.0 Å². The summed E-state index contributed by atoms with van der Waals surface area (Å²) in [5.41, 5.74) is 5.92. The highest BCUT2D eigenvalue weighted by molar-refractivity contribution is 5.97. The molecule has 160 valence electrons. The summed E-state index contributed by atoms with van der Waals surface area (Å²) in [7, 11) is 0. The molecular formula is C19H18F4N4O3. The van der Waals surface area contributed by atoms with Gasteiger partial charge in [0.2, 0.25) is 0 Å². The third-order valence-electron chi connectivity index (χ3n) is 5.44. The van der Waals surface area contributed by atoms with Crippen molar-refractivity contribution in [1.29, 1.82) is 0 Å². The molecule has 1 aromatic carbocycles. The first-order chi connectivity index (χ1) is 14.1. The number of halogens is 4. The van der Waals surface area contributed by atoms with Crippen LogP contribution in [0.25, 0.3) is 0 Å². The number of amides is 2. The van der Waals surface area contributed by atoms with E-state index in [0.29, 0.717) is 11.3 Å². The van der Waals surface area contributed by atoms with E-state index in [-0.39, 0.29) is 42.1 Å². The van der Waals surface area contributed by atoms with Gasteiger partial charge < -0.3 is 15.8 Å². The van der Waals surface area contributed by atoms with Gasteiger partial charge in [-0.1, -0.05) is 0 Å². The van der Waals surface area contributed by atoms with Gasteiger partial charge in [-0.15, -0.1) is 0 Å². The third kappa shape index (κ3) is 3.37. The zero-order valence-electron chi connectivity index (χ0n) is 15.8. The highest BCUT2D eigenvalue weighted by Crippen LogP contribution is 2.39. The molecule has 4 rings (SSSR count). The van der Waals surface area contributed by atoms with E-state index in [2.05, 4.69) is 10.4 Å². The molecule has 2 amide bonds. The first-order valence-electron chi connectivity index (χ1n) is 9.26. The SMILES string of the molecule is Cc1cc(F)c2c(c1)OC[C@H](n1nc(C(N)=O)c3c1CCC(C(F)(F)F)C3)C(=O)N2. The van der Waals surface area contributed by atoms with Crippen molar-refractivity contribution >= 4 is 17.5 Å². The zero-order valence-corrected chi connectivity index (χ0v) is 15.8. The number of hydrogen-bond acceptors (Lipinski definition) is 4. The normalized spacial score (nSPS) is 21.2. The molecule has 11 heteroatoms. The van der Waals surface area contributed by atoms with Crippen LogP contribution in [0.3, 0.4) is 0 Å². The van der Waals surface area contributed by atoms with Crippen LogP contribution in [0, 0.1) is 18.7 Å². The number of alkyl halides is 3. The molecule has 3 N–H and O–H groups in total. The van der Waals surface area contributed by atoms with Gasteiger partial charge in [-0.2, -0.15) is 18.3 Å². The number of nitrogens with one attached hydrogen (secondary N) is 1. The fourth-order valence-electron chi connectivity index (χ4n) is 3.96. The third-order valence-corrected chi connectivity index (χ3v) is 5.44. The molecule has 1 unspecified atom stereocenters. The maximum Gasteiger partial charge on any atom is 0.392 e. The number of primary amides is 1. The highest BCUT2D eigenvalue weighted by Gasteiger charge is 2.44. The monoisotopic (exact) mass is 426 g/mol. The van der Waals surface area contributed by atoms with E-state index in [1.807, 2.05) is 0 Å². The molecule has 0 fully saturated rings. The van der Waals surface area contributed by atoms with E-state index in [4.69, 9.17) is 10.5 Å². The Hall–Kier alpha value is -3.11. The number of nitrogens with zero attached hydrogens (tertiary/aromatic N) is 2. The standard InChI is InChI=1S/C19H18F4N4O3/c1-8-4-11(20)16-14(5-8)30-7-13(18(29)25-16)27-12-3-2-9(19(21,22)23)6-10(12)15(26-27)17(24)28/h4-5,9,13H,2-3,6-7H2,1H3,(H2,24,28)(H,25,29)/t9?,13-/m0/s1. The van der Waals surface area contributed by atoms with E-state index >= 15 is 0 Å². The second-order valence-electron chi connectivity index (χ2n) is 7.50. The predicted octanol–water partition coefficient (Wildman–Crippen LogP) is 2.67. The van der Waals surface area contributed by atoms with E-state index in [0.717, 1.165) is 0 Å². The molecule has 7 nitrogen and oxygen atoms in total. The predicted molar refractivity (Wildman–Crippen MR) is 96.6 cm³/mol. The van der Waals surface area contributed by atoms with Crippen LogP contribution in [0.2, 0.25) is 0 Å². The van der Waals surface area contributed by atoms with Gasteiger partial charge in [0, 0.05) is 11.3 Å². The van der Waals surface area contributed by atoms with Gasteiger partial charge in [0.15, 0.2) is 17.6 Å². The van der Waals surface area contributed by atoms with Crippen LogP contribution >= 0.6 is 0 Å². The summed E-state index contributed by atoms with van der Waals surface area (Å²) in [6.45, 7) is 1.42. The van der Waals surface area contributed by atoms with Gasteiger partial charge in [0.25, 0.3) is 11.8 Å². The first-order valence-corrected chi connectivity index (χ1v) is 9.26. The molecule has 2 atom stereocenters. The number of nitrogens with two attached hydrogens (primary N) is 1. The summed E-state index contributed by atoms with van der Waals surface area (Å²) < 4.78 is 60.7. The fourth-order valence-corrected chi connectivity index (χ4v) is 3.96. The Morgan fingerprint density at radius 1 is 1.37 bits per heavy atom. The number of hydrogen-bond donors (Lipinski definition) is 2. The summed E-state index contributed by atoms with van der Waals surface area (Å²) in [6.07, 6.45) is -5.11. The minimum absolute atomic E-state index is 0.0377. The Morgan fingerprint density at radius 2 is 2.10 bits per heavy atom. The Morgan fingerprint density at radius 3 is 2.77 bits per heavy atom. The van der Waals surface area contributed by atoms with Crippen LogP contribution in [0.15, 0.2) is 12.1 Å². The Kier molecular flexibility index (Phi) is 4.70. The second kappa shape index (κ2) is 6.99. The molecule has 1 aromatic heterocycles. The number of fused-ring (bicyclic) bond motifs is 2. The molecule has 30 heavy (non-hydrogen) atoms. The minimum atomic E-state index is -4.42. The molecule has 0 radical (unpaired) electrons. The maximum atomic E-state index is 14.3. The number of aromatic nitrogens is 2. The van der Waals surface area contributed by atoms with Crippen molar-refractivity contribution in [2.24, 2.45) is 11.7 Å². The number of anilines is 1. The summed E-state index contributed by atoms with van der Waals surface area (Å²) >= 11 is 0. The van der Waals surface area contributed by atoms with Crippen LogP contribution < -0.4 is 15.8 Å². The average Bonchev–Trinajstić information content (AvgIpc) is 2.94. The van der Waals surface area contributed by atoms with Gasteiger partial charge in [0.05, 0.1) is 5.92 Å². The number of carbonyl (C=O) groups excluding carboxylic acids is 2.